The predicted octanol–water partition coefficient (Wildman–Crippen LogP) is 3.50. The zero-order valence-electron chi connectivity index (χ0n) is 12.8. The lowest BCUT2D eigenvalue weighted by Gasteiger charge is -2.38. The Balaban J connectivity index is 1.74. The number of hydrogen-bond donors (Lipinski definition) is 0. The minimum absolute atomic E-state index is 0.0610. The van der Waals surface area contributed by atoms with Crippen LogP contribution in [0.1, 0.15) is 31.2 Å². The van der Waals surface area contributed by atoms with Crippen molar-refractivity contribution in [1.29, 1.82) is 0 Å². The van der Waals surface area contributed by atoms with Crippen LogP contribution in [-0.4, -0.2) is 32.4 Å². The van der Waals surface area contributed by atoms with Gasteiger partial charge in [0, 0.05) is 24.1 Å². The average Bonchev–Trinajstić information content (AvgIpc) is 2.55. The van der Waals surface area contributed by atoms with Gasteiger partial charge in [0.05, 0.1) is 12.5 Å². The van der Waals surface area contributed by atoms with Crippen LogP contribution in [0.4, 0.5) is 0 Å². The molecule has 0 bridgehead atoms. The summed E-state index contributed by atoms with van der Waals surface area (Å²) in [4.78, 5) is 12.3. The highest BCUT2D eigenvalue weighted by molar-refractivity contribution is 9.10. The Morgan fingerprint density at radius 2 is 2.18 bits per heavy atom. The van der Waals surface area contributed by atoms with Crippen molar-refractivity contribution in [3.05, 3.63) is 28.2 Å². The molecule has 2 heterocycles. The Morgan fingerprint density at radius 1 is 1.41 bits per heavy atom. The smallest absolute Gasteiger partial charge is 0.312 e. The summed E-state index contributed by atoms with van der Waals surface area (Å²) >= 11 is 3.49. The summed E-state index contributed by atoms with van der Waals surface area (Å²) in [5.41, 5.74) is 0.773. The standard InChI is InChI=1S/C17H21BrO4/c1-20-16(19)17(6-8-21-9-7-17)11-14-4-2-12-10-13(18)3-5-15(12)22-14/h3,5,10,14H,2,4,6-9,11H2,1H3/t14-/m1/s1. The quantitative estimate of drug-likeness (QED) is 0.765. The first-order valence-corrected chi connectivity index (χ1v) is 8.53. The Hall–Kier alpha value is -1.07. The number of rotatable bonds is 3. The van der Waals surface area contributed by atoms with Crippen LogP contribution in [0.3, 0.4) is 0 Å². The van der Waals surface area contributed by atoms with Crippen molar-refractivity contribution in [2.24, 2.45) is 5.41 Å². The predicted molar refractivity (Wildman–Crippen MR) is 86.0 cm³/mol. The van der Waals surface area contributed by atoms with E-state index >= 15 is 0 Å². The molecule has 0 amide bonds. The minimum Gasteiger partial charge on any atom is -0.490 e. The van der Waals surface area contributed by atoms with Gasteiger partial charge in [-0.3, -0.25) is 4.79 Å². The van der Waals surface area contributed by atoms with E-state index in [0.29, 0.717) is 32.5 Å². The number of carbonyl (C=O) groups excluding carboxylic acids is 1. The van der Waals surface area contributed by atoms with Gasteiger partial charge in [-0.2, -0.15) is 0 Å². The maximum atomic E-state index is 12.3. The maximum Gasteiger partial charge on any atom is 0.312 e. The van der Waals surface area contributed by atoms with Crippen molar-refractivity contribution < 1.29 is 19.0 Å². The SMILES string of the molecule is COC(=O)C1(C[C@H]2CCc3cc(Br)ccc3O2)CCOCC1. The van der Waals surface area contributed by atoms with E-state index in [4.69, 9.17) is 14.2 Å². The normalized spacial score (nSPS) is 23.3. The van der Waals surface area contributed by atoms with E-state index in [0.717, 1.165) is 23.1 Å². The van der Waals surface area contributed by atoms with Crippen LogP contribution < -0.4 is 4.74 Å². The molecule has 4 nitrogen and oxygen atoms in total. The van der Waals surface area contributed by atoms with Crippen molar-refractivity contribution in [1.82, 2.24) is 0 Å². The van der Waals surface area contributed by atoms with Gasteiger partial charge in [0.25, 0.3) is 0 Å². The number of esters is 1. The number of ether oxygens (including phenoxy) is 3. The van der Waals surface area contributed by atoms with Gasteiger partial charge < -0.3 is 14.2 Å². The Labute approximate surface area is 139 Å². The lowest BCUT2D eigenvalue weighted by Crippen LogP contribution is -2.42. The summed E-state index contributed by atoms with van der Waals surface area (Å²) in [5.74, 6) is 0.813. The van der Waals surface area contributed by atoms with Crippen molar-refractivity contribution in [3.8, 4) is 5.75 Å². The Morgan fingerprint density at radius 3 is 2.91 bits per heavy atom. The summed E-state index contributed by atoms with van der Waals surface area (Å²) in [6.07, 6.45) is 4.11. The number of benzene rings is 1. The van der Waals surface area contributed by atoms with Gasteiger partial charge in [0.2, 0.25) is 0 Å². The molecule has 1 saturated heterocycles. The summed E-state index contributed by atoms with van der Waals surface area (Å²) in [6, 6.07) is 6.10. The first kappa shape index (κ1) is 15.8. The molecule has 0 spiro atoms. The Bertz CT molecular complexity index is 552. The second-order valence-electron chi connectivity index (χ2n) is 6.12. The van der Waals surface area contributed by atoms with E-state index in [2.05, 4.69) is 22.0 Å². The highest BCUT2D eigenvalue weighted by Gasteiger charge is 2.44. The molecule has 0 aliphatic carbocycles. The van der Waals surface area contributed by atoms with E-state index in [1.807, 2.05) is 12.1 Å². The average molecular weight is 369 g/mol. The number of methoxy groups -OCH3 is 1. The number of carbonyl (C=O) groups is 1. The molecule has 0 saturated carbocycles. The topological polar surface area (TPSA) is 44.8 Å². The minimum atomic E-state index is -0.454. The molecule has 1 fully saturated rings. The molecular weight excluding hydrogens is 348 g/mol. The van der Waals surface area contributed by atoms with Gasteiger partial charge in [0.15, 0.2) is 0 Å². The lowest BCUT2D eigenvalue weighted by atomic mass is 9.74. The molecule has 3 rings (SSSR count). The van der Waals surface area contributed by atoms with Gasteiger partial charge in [-0.05, 0) is 49.4 Å². The monoisotopic (exact) mass is 368 g/mol. The fourth-order valence-electron chi connectivity index (χ4n) is 3.46. The Kier molecular flexibility index (Phi) is 4.73. The van der Waals surface area contributed by atoms with Gasteiger partial charge in [-0.15, -0.1) is 0 Å². The zero-order chi connectivity index (χ0) is 15.6. The van der Waals surface area contributed by atoms with Crippen LogP contribution in [0.5, 0.6) is 5.75 Å². The summed E-state index contributed by atoms with van der Waals surface area (Å²) in [6.45, 7) is 1.23. The molecule has 1 aromatic rings. The molecule has 0 aromatic heterocycles. The van der Waals surface area contributed by atoms with Gasteiger partial charge in [0.1, 0.15) is 11.9 Å². The van der Waals surface area contributed by atoms with Gasteiger partial charge in [-0.25, -0.2) is 0 Å². The first-order chi connectivity index (χ1) is 10.6. The van der Waals surface area contributed by atoms with Crippen molar-refractivity contribution in [2.45, 2.75) is 38.2 Å². The fraction of sp³-hybridized carbons (Fsp3) is 0.588. The lowest BCUT2D eigenvalue weighted by molar-refractivity contribution is -0.161. The first-order valence-electron chi connectivity index (χ1n) is 7.74. The fourth-order valence-corrected chi connectivity index (χ4v) is 3.87. The molecular formula is C17H21BrO4. The van der Waals surface area contributed by atoms with E-state index in [1.165, 1.54) is 12.7 Å². The molecule has 0 unspecified atom stereocenters. The van der Waals surface area contributed by atoms with Crippen molar-refractivity contribution in [2.75, 3.05) is 20.3 Å². The largest absolute Gasteiger partial charge is 0.490 e. The van der Waals surface area contributed by atoms with Crippen LogP contribution in [0.25, 0.3) is 0 Å². The molecule has 5 heteroatoms. The molecule has 1 atom stereocenters. The molecule has 2 aliphatic rings. The van der Waals surface area contributed by atoms with Crippen LogP contribution in [0.2, 0.25) is 0 Å². The number of fused-ring (bicyclic) bond motifs is 1. The summed E-state index contributed by atoms with van der Waals surface area (Å²) in [7, 11) is 1.47. The third kappa shape index (κ3) is 3.15. The number of aryl methyl sites for hydroxylation is 1. The number of halogens is 1. The van der Waals surface area contributed by atoms with Crippen LogP contribution in [-0.2, 0) is 20.7 Å². The molecule has 2 aliphatic heterocycles. The summed E-state index contributed by atoms with van der Waals surface area (Å²) < 4.78 is 17.7. The van der Waals surface area contributed by atoms with E-state index in [9.17, 15) is 4.79 Å². The molecule has 0 radical (unpaired) electrons. The highest BCUT2D eigenvalue weighted by Crippen LogP contribution is 2.40. The highest BCUT2D eigenvalue weighted by atomic mass is 79.9. The van der Waals surface area contributed by atoms with Crippen LogP contribution in [0, 0.1) is 5.41 Å². The van der Waals surface area contributed by atoms with Crippen molar-refractivity contribution >= 4 is 21.9 Å². The number of hydrogen-bond acceptors (Lipinski definition) is 4. The van der Waals surface area contributed by atoms with Crippen LogP contribution in [0.15, 0.2) is 22.7 Å². The van der Waals surface area contributed by atoms with Crippen LogP contribution >= 0.6 is 15.9 Å². The van der Waals surface area contributed by atoms with Gasteiger partial charge in [-0.1, -0.05) is 15.9 Å². The molecule has 120 valence electrons. The maximum absolute atomic E-state index is 12.3. The third-order valence-electron chi connectivity index (χ3n) is 4.74. The van der Waals surface area contributed by atoms with E-state index in [1.54, 1.807) is 0 Å². The van der Waals surface area contributed by atoms with E-state index in [-0.39, 0.29) is 12.1 Å². The zero-order valence-corrected chi connectivity index (χ0v) is 14.4. The molecule has 22 heavy (non-hydrogen) atoms. The second-order valence-corrected chi connectivity index (χ2v) is 7.03. The second kappa shape index (κ2) is 6.59. The van der Waals surface area contributed by atoms with Gasteiger partial charge >= 0.3 is 5.97 Å². The van der Waals surface area contributed by atoms with E-state index < -0.39 is 5.41 Å². The molecule has 0 N–H and O–H groups in total. The molecule has 1 aromatic carbocycles. The van der Waals surface area contributed by atoms with Crippen molar-refractivity contribution in [3.63, 3.8) is 0 Å². The summed E-state index contributed by atoms with van der Waals surface area (Å²) in [5, 5.41) is 0. The third-order valence-corrected chi connectivity index (χ3v) is 5.23.